The average molecular weight is 303 g/mol. The van der Waals surface area contributed by atoms with E-state index in [4.69, 9.17) is 9.84 Å². The summed E-state index contributed by atoms with van der Waals surface area (Å²) >= 11 is 0. The van der Waals surface area contributed by atoms with E-state index in [0.717, 1.165) is 11.3 Å². The first-order chi connectivity index (χ1) is 10.5. The smallest absolute Gasteiger partial charge is 0.325 e. The molecular weight excluding hydrogens is 286 g/mol. The molecule has 1 aromatic heterocycles. The molecule has 1 heterocycles. The van der Waals surface area contributed by atoms with Crippen LogP contribution >= 0.6 is 0 Å². The molecule has 0 bridgehead atoms. The van der Waals surface area contributed by atoms with Crippen molar-refractivity contribution in [3.05, 3.63) is 42.1 Å². The summed E-state index contributed by atoms with van der Waals surface area (Å²) in [4.78, 5) is 22.8. The molecule has 1 atom stereocenters. The highest BCUT2D eigenvalue weighted by Crippen LogP contribution is 2.20. The van der Waals surface area contributed by atoms with E-state index in [0.29, 0.717) is 5.82 Å². The van der Waals surface area contributed by atoms with Gasteiger partial charge in [0, 0.05) is 12.3 Å². The summed E-state index contributed by atoms with van der Waals surface area (Å²) in [5, 5.41) is 15.3. The molecule has 22 heavy (non-hydrogen) atoms. The molecule has 0 aliphatic carbocycles. The number of rotatable bonds is 6. The van der Waals surface area contributed by atoms with Crippen LogP contribution in [0.3, 0.4) is 0 Å². The van der Waals surface area contributed by atoms with E-state index in [1.54, 1.807) is 32.2 Å². The lowest BCUT2D eigenvalue weighted by Gasteiger charge is -2.11. The Morgan fingerprint density at radius 2 is 2.00 bits per heavy atom. The van der Waals surface area contributed by atoms with Gasteiger partial charge in [-0.15, -0.1) is 0 Å². The Kier molecular flexibility index (Phi) is 4.77. The number of hydrogen-bond acceptors (Lipinski definition) is 4. The molecule has 0 fully saturated rings. The second-order valence-electron chi connectivity index (χ2n) is 4.78. The highest BCUT2D eigenvalue weighted by molar-refractivity contribution is 5.94. The Labute approximate surface area is 127 Å². The third-order valence-corrected chi connectivity index (χ3v) is 3.20. The highest BCUT2D eigenvalue weighted by atomic mass is 16.5. The first kappa shape index (κ1) is 15.6. The molecule has 1 aromatic carbocycles. The number of carboxylic acids is 1. The van der Waals surface area contributed by atoms with Crippen LogP contribution in [0, 0.1) is 0 Å². The first-order valence-electron chi connectivity index (χ1n) is 6.69. The topological polar surface area (TPSA) is 93.5 Å². The first-order valence-corrected chi connectivity index (χ1v) is 6.69. The number of anilines is 1. The van der Waals surface area contributed by atoms with Crippen LogP contribution in [0.2, 0.25) is 0 Å². The third-order valence-electron chi connectivity index (χ3n) is 3.20. The molecule has 2 N–H and O–H groups in total. The van der Waals surface area contributed by atoms with Crippen LogP contribution in [-0.4, -0.2) is 33.9 Å². The van der Waals surface area contributed by atoms with Gasteiger partial charge < -0.3 is 15.2 Å². The Hall–Kier alpha value is -2.83. The summed E-state index contributed by atoms with van der Waals surface area (Å²) in [5.41, 5.74) is 0.850. The Bertz CT molecular complexity index is 664. The van der Waals surface area contributed by atoms with Gasteiger partial charge in [0.2, 0.25) is 5.91 Å². The number of methoxy groups -OCH3 is 1. The highest BCUT2D eigenvalue weighted by Gasteiger charge is 2.16. The number of nitrogens with one attached hydrogen (secondary N) is 1. The molecule has 7 nitrogen and oxygen atoms in total. The number of amides is 1. The molecule has 1 amide bonds. The molecule has 1 unspecified atom stereocenters. The summed E-state index contributed by atoms with van der Waals surface area (Å²) in [6.45, 7) is 1.54. The second-order valence-corrected chi connectivity index (χ2v) is 4.78. The van der Waals surface area contributed by atoms with Crippen molar-refractivity contribution in [2.45, 2.75) is 19.4 Å². The van der Waals surface area contributed by atoms with Gasteiger partial charge in [-0.2, -0.15) is 5.10 Å². The van der Waals surface area contributed by atoms with Crippen molar-refractivity contribution in [3.63, 3.8) is 0 Å². The fraction of sp³-hybridized carbons (Fsp3) is 0.267. The van der Waals surface area contributed by atoms with Crippen LogP contribution < -0.4 is 10.1 Å². The van der Waals surface area contributed by atoms with Crippen LogP contribution in [0.1, 0.15) is 18.4 Å². The van der Waals surface area contributed by atoms with Gasteiger partial charge in [0.05, 0.1) is 13.0 Å². The summed E-state index contributed by atoms with van der Waals surface area (Å²) in [7, 11) is 1.58. The van der Waals surface area contributed by atoms with Crippen LogP contribution in [0.15, 0.2) is 36.5 Å². The quantitative estimate of drug-likeness (QED) is 0.847. The van der Waals surface area contributed by atoms with Crippen LogP contribution in [-0.2, 0) is 16.1 Å². The maximum atomic E-state index is 12.2. The molecule has 0 aliphatic rings. The number of benzene rings is 1. The van der Waals surface area contributed by atoms with Gasteiger partial charge in [0.1, 0.15) is 12.3 Å². The zero-order valence-corrected chi connectivity index (χ0v) is 12.3. The van der Waals surface area contributed by atoms with Crippen molar-refractivity contribution < 1.29 is 19.4 Å². The Morgan fingerprint density at radius 3 is 2.59 bits per heavy atom. The van der Waals surface area contributed by atoms with E-state index in [1.165, 1.54) is 10.9 Å². The Balaban J connectivity index is 2.01. The molecule has 0 saturated carbocycles. The van der Waals surface area contributed by atoms with Crippen molar-refractivity contribution in [2.75, 3.05) is 12.4 Å². The standard InChI is InChI=1S/C15H17N3O4/c1-10(11-3-5-12(22-2)6-4-11)15(21)16-13-7-8-18(17-13)9-14(19)20/h3-8,10H,9H2,1-2H3,(H,19,20)(H,16,17,21). The maximum Gasteiger partial charge on any atom is 0.325 e. The number of carboxylic acid groups (broad SMARTS) is 1. The SMILES string of the molecule is COc1ccc(C(C)C(=O)Nc2ccn(CC(=O)O)n2)cc1. The van der Waals surface area contributed by atoms with E-state index in [1.807, 2.05) is 12.1 Å². The zero-order valence-electron chi connectivity index (χ0n) is 12.3. The van der Waals surface area contributed by atoms with Gasteiger partial charge >= 0.3 is 5.97 Å². The van der Waals surface area contributed by atoms with Gasteiger partial charge in [0.25, 0.3) is 0 Å². The van der Waals surface area contributed by atoms with Gasteiger partial charge in [0.15, 0.2) is 5.82 Å². The van der Waals surface area contributed by atoms with E-state index in [9.17, 15) is 9.59 Å². The lowest BCUT2D eigenvalue weighted by atomic mass is 10.0. The second kappa shape index (κ2) is 6.75. The normalized spacial score (nSPS) is 11.7. The molecule has 0 saturated heterocycles. The van der Waals surface area contributed by atoms with E-state index in [2.05, 4.69) is 10.4 Å². The minimum absolute atomic E-state index is 0.217. The van der Waals surface area contributed by atoms with Crippen molar-refractivity contribution >= 4 is 17.7 Å². The molecule has 116 valence electrons. The molecular formula is C15H17N3O4. The number of nitrogens with zero attached hydrogens (tertiary/aromatic N) is 2. The van der Waals surface area contributed by atoms with E-state index >= 15 is 0 Å². The zero-order chi connectivity index (χ0) is 16.1. The number of aliphatic carboxylic acids is 1. The average Bonchev–Trinajstić information content (AvgIpc) is 2.92. The number of hydrogen-bond donors (Lipinski definition) is 2. The van der Waals surface area contributed by atoms with Crippen molar-refractivity contribution in [1.82, 2.24) is 9.78 Å². The number of carbonyl (C=O) groups is 2. The summed E-state index contributed by atoms with van der Waals surface area (Å²) in [6, 6.07) is 8.79. The molecule has 0 radical (unpaired) electrons. The summed E-state index contributed by atoms with van der Waals surface area (Å²) in [5.74, 6) is -0.524. The maximum absolute atomic E-state index is 12.2. The number of aromatic nitrogens is 2. The van der Waals surface area contributed by atoms with Crippen molar-refractivity contribution in [2.24, 2.45) is 0 Å². The van der Waals surface area contributed by atoms with Crippen molar-refractivity contribution in [3.8, 4) is 5.75 Å². The fourth-order valence-corrected chi connectivity index (χ4v) is 1.93. The van der Waals surface area contributed by atoms with Crippen LogP contribution in [0.5, 0.6) is 5.75 Å². The fourth-order valence-electron chi connectivity index (χ4n) is 1.93. The third kappa shape index (κ3) is 3.85. The van der Waals surface area contributed by atoms with Gasteiger partial charge in [-0.1, -0.05) is 12.1 Å². The minimum Gasteiger partial charge on any atom is -0.497 e. The largest absolute Gasteiger partial charge is 0.497 e. The lowest BCUT2D eigenvalue weighted by Crippen LogP contribution is -2.19. The Morgan fingerprint density at radius 1 is 1.32 bits per heavy atom. The predicted molar refractivity (Wildman–Crippen MR) is 79.9 cm³/mol. The summed E-state index contributed by atoms with van der Waals surface area (Å²) in [6.07, 6.45) is 1.50. The molecule has 7 heteroatoms. The van der Waals surface area contributed by atoms with Gasteiger partial charge in [-0.25, -0.2) is 0 Å². The van der Waals surface area contributed by atoms with Gasteiger partial charge in [-0.3, -0.25) is 14.3 Å². The van der Waals surface area contributed by atoms with E-state index < -0.39 is 5.97 Å². The molecule has 0 aliphatic heterocycles. The van der Waals surface area contributed by atoms with Crippen LogP contribution in [0.25, 0.3) is 0 Å². The molecule has 2 aromatic rings. The lowest BCUT2D eigenvalue weighted by molar-refractivity contribution is -0.137. The predicted octanol–water partition coefficient (Wildman–Crippen LogP) is 1.72. The monoisotopic (exact) mass is 303 g/mol. The molecule has 0 spiro atoms. The summed E-state index contributed by atoms with van der Waals surface area (Å²) < 4.78 is 6.32. The molecule has 2 rings (SSSR count). The van der Waals surface area contributed by atoms with Crippen LogP contribution in [0.4, 0.5) is 5.82 Å². The minimum atomic E-state index is -0.993. The number of ether oxygens (including phenoxy) is 1. The van der Waals surface area contributed by atoms with Crippen molar-refractivity contribution in [1.29, 1.82) is 0 Å². The number of carbonyl (C=O) groups excluding carboxylic acids is 1. The van der Waals surface area contributed by atoms with Gasteiger partial charge in [-0.05, 0) is 24.6 Å². The van der Waals surface area contributed by atoms with E-state index in [-0.39, 0.29) is 18.4 Å².